The molecular formula is C10H23NS. The summed E-state index contributed by atoms with van der Waals surface area (Å²) in [6.07, 6.45) is 6.53. The molecule has 0 aliphatic rings. The smallest absolute Gasteiger partial charge is 0.00104 e. The molecule has 0 aromatic heterocycles. The van der Waals surface area contributed by atoms with Gasteiger partial charge in [-0.05, 0) is 37.7 Å². The van der Waals surface area contributed by atoms with Crippen molar-refractivity contribution in [2.75, 3.05) is 11.5 Å². The molecule has 0 aliphatic carbocycles. The van der Waals surface area contributed by atoms with E-state index in [1.165, 1.54) is 43.6 Å². The molecule has 0 amide bonds. The molecule has 2 N–H and O–H groups in total. The lowest BCUT2D eigenvalue weighted by Gasteiger charge is -2.03. The summed E-state index contributed by atoms with van der Waals surface area (Å²) in [6, 6.07) is 0.394. The molecule has 0 fully saturated rings. The Hall–Kier alpha value is 0.310. The number of nitrogens with two attached hydrogens (primary N) is 1. The van der Waals surface area contributed by atoms with Gasteiger partial charge in [0.25, 0.3) is 0 Å². The van der Waals surface area contributed by atoms with Crippen LogP contribution in [0.25, 0.3) is 0 Å². The van der Waals surface area contributed by atoms with E-state index in [-0.39, 0.29) is 0 Å². The molecule has 0 aromatic rings. The van der Waals surface area contributed by atoms with Crippen molar-refractivity contribution in [1.29, 1.82) is 0 Å². The summed E-state index contributed by atoms with van der Waals surface area (Å²) in [6.45, 7) is 4.33. The molecule has 0 saturated heterocycles. The highest BCUT2D eigenvalue weighted by atomic mass is 32.2. The molecule has 0 spiro atoms. The van der Waals surface area contributed by atoms with E-state index in [1.54, 1.807) is 0 Å². The van der Waals surface area contributed by atoms with Crippen molar-refractivity contribution in [2.45, 2.75) is 52.0 Å². The maximum Gasteiger partial charge on any atom is 0.00104 e. The monoisotopic (exact) mass is 189 g/mol. The quantitative estimate of drug-likeness (QED) is 0.594. The molecule has 0 radical (unpaired) electrons. The van der Waals surface area contributed by atoms with Crippen LogP contribution in [-0.2, 0) is 0 Å². The Morgan fingerprint density at radius 1 is 1.17 bits per heavy atom. The molecular weight excluding hydrogens is 166 g/mol. The van der Waals surface area contributed by atoms with E-state index < -0.39 is 0 Å². The van der Waals surface area contributed by atoms with Gasteiger partial charge in [-0.1, -0.05) is 19.8 Å². The van der Waals surface area contributed by atoms with Crippen LogP contribution >= 0.6 is 11.8 Å². The predicted octanol–water partition coefficient (Wildman–Crippen LogP) is 3.04. The largest absolute Gasteiger partial charge is 0.328 e. The van der Waals surface area contributed by atoms with Crippen molar-refractivity contribution in [3.63, 3.8) is 0 Å². The maximum absolute atomic E-state index is 5.65. The number of hydrogen-bond donors (Lipinski definition) is 1. The molecule has 1 unspecified atom stereocenters. The second-order valence-corrected chi connectivity index (χ2v) is 4.66. The zero-order chi connectivity index (χ0) is 9.23. The van der Waals surface area contributed by atoms with Crippen LogP contribution in [0.2, 0.25) is 0 Å². The summed E-state index contributed by atoms with van der Waals surface area (Å²) in [5.41, 5.74) is 5.65. The van der Waals surface area contributed by atoms with Crippen molar-refractivity contribution >= 4 is 11.8 Å². The van der Waals surface area contributed by atoms with Gasteiger partial charge in [0.15, 0.2) is 0 Å². The second-order valence-electron chi connectivity index (χ2n) is 3.44. The molecule has 1 nitrogen and oxygen atoms in total. The molecule has 0 rings (SSSR count). The zero-order valence-electron chi connectivity index (χ0n) is 8.51. The fourth-order valence-electron chi connectivity index (χ4n) is 1.02. The van der Waals surface area contributed by atoms with Crippen molar-refractivity contribution in [2.24, 2.45) is 5.73 Å². The van der Waals surface area contributed by atoms with E-state index in [0.29, 0.717) is 6.04 Å². The molecule has 0 aliphatic heterocycles. The predicted molar refractivity (Wildman–Crippen MR) is 59.7 cm³/mol. The van der Waals surface area contributed by atoms with Gasteiger partial charge in [-0.2, -0.15) is 11.8 Å². The maximum atomic E-state index is 5.65. The molecule has 0 saturated carbocycles. The lowest BCUT2D eigenvalue weighted by molar-refractivity contribution is 0.618. The first-order valence-corrected chi connectivity index (χ1v) is 6.26. The van der Waals surface area contributed by atoms with Gasteiger partial charge in [-0.3, -0.25) is 0 Å². The highest BCUT2D eigenvalue weighted by Crippen LogP contribution is 2.09. The van der Waals surface area contributed by atoms with E-state index in [1.807, 2.05) is 0 Å². The van der Waals surface area contributed by atoms with Gasteiger partial charge >= 0.3 is 0 Å². The minimum atomic E-state index is 0.394. The summed E-state index contributed by atoms with van der Waals surface area (Å²) < 4.78 is 0. The summed E-state index contributed by atoms with van der Waals surface area (Å²) in [5, 5.41) is 0. The molecule has 12 heavy (non-hydrogen) atoms. The Kier molecular flexibility index (Phi) is 9.64. The standard InChI is InChI=1S/C10H23NS/c1-3-4-8-12-9-6-5-7-10(2)11/h10H,3-9,11H2,1-2H3. The highest BCUT2D eigenvalue weighted by molar-refractivity contribution is 7.99. The SMILES string of the molecule is CCCCSCCCCC(C)N. The Balaban J connectivity index is 2.82. The van der Waals surface area contributed by atoms with Crippen LogP contribution in [0, 0.1) is 0 Å². The van der Waals surface area contributed by atoms with E-state index in [2.05, 4.69) is 25.6 Å². The minimum Gasteiger partial charge on any atom is -0.328 e. The van der Waals surface area contributed by atoms with Crippen molar-refractivity contribution in [1.82, 2.24) is 0 Å². The highest BCUT2D eigenvalue weighted by Gasteiger charge is 1.94. The van der Waals surface area contributed by atoms with Gasteiger partial charge in [0, 0.05) is 6.04 Å². The van der Waals surface area contributed by atoms with Crippen molar-refractivity contribution < 1.29 is 0 Å². The molecule has 74 valence electrons. The van der Waals surface area contributed by atoms with E-state index in [9.17, 15) is 0 Å². The third-order valence-corrected chi connectivity index (χ3v) is 3.00. The topological polar surface area (TPSA) is 26.0 Å². The zero-order valence-corrected chi connectivity index (χ0v) is 9.33. The number of thioether (sulfide) groups is 1. The number of rotatable bonds is 8. The van der Waals surface area contributed by atoms with Gasteiger partial charge in [-0.25, -0.2) is 0 Å². The van der Waals surface area contributed by atoms with Crippen LogP contribution in [-0.4, -0.2) is 17.5 Å². The first-order valence-electron chi connectivity index (χ1n) is 5.10. The molecule has 0 aromatic carbocycles. The molecule has 2 heteroatoms. The van der Waals surface area contributed by atoms with Crippen LogP contribution in [0.1, 0.15) is 46.0 Å². The first-order chi connectivity index (χ1) is 5.77. The van der Waals surface area contributed by atoms with Gasteiger partial charge in [-0.15, -0.1) is 0 Å². The normalized spacial score (nSPS) is 13.2. The fraction of sp³-hybridized carbons (Fsp3) is 1.00. The molecule has 0 bridgehead atoms. The van der Waals surface area contributed by atoms with Gasteiger partial charge < -0.3 is 5.73 Å². The number of unbranched alkanes of at least 4 members (excludes halogenated alkanes) is 2. The van der Waals surface area contributed by atoms with Crippen LogP contribution in [0.3, 0.4) is 0 Å². The van der Waals surface area contributed by atoms with E-state index in [0.717, 1.165) is 0 Å². The van der Waals surface area contributed by atoms with Crippen LogP contribution in [0.15, 0.2) is 0 Å². The van der Waals surface area contributed by atoms with Crippen LogP contribution in [0.4, 0.5) is 0 Å². The summed E-state index contributed by atoms with van der Waals surface area (Å²) in [7, 11) is 0. The second kappa shape index (κ2) is 9.40. The summed E-state index contributed by atoms with van der Waals surface area (Å²) in [5.74, 6) is 2.67. The van der Waals surface area contributed by atoms with E-state index >= 15 is 0 Å². The lowest BCUT2D eigenvalue weighted by atomic mass is 10.2. The minimum absolute atomic E-state index is 0.394. The lowest BCUT2D eigenvalue weighted by Crippen LogP contribution is -2.14. The van der Waals surface area contributed by atoms with Crippen LogP contribution in [0.5, 0.6) is 0 Å². The van der Waals surface area contributed by atoms with Gasteiger partial charge in [0.05, 0.1) is 0 Å². The fourth-order valence-corrected chi connectivity index (χ4v) is 2.12. The Bertz CT molecular complexity index is 83.9. The third kappa shape index (κ3) is 10.3. The summed E-state index contributed by atoms with van der Waals surface area (Å²) in [4.78, 5) is 0. The average molecular weight is 189 g/mol. The van der Waals surface area contributed by atoms with Gasteiger partial charge in [0.2, 0.25) is 0 Å². The van der Waals surface area contributed by atoms with Crippen molar-refractivity contribution in [3.8, 4) is 0 Å². The average Bonchev–Trinajstić information content (AvgIpc) is 2.02. The number of hydrogen-bond acceptors (Lipinski definition) is 2. The van der Waals surface area contributed by atoms with Crippen molar-refractivity contribution in [3.05, 3.63) is 0 Å². The van der Waals surface area contributed by atoms with E-state index in [4.69, 9.17) is 5.73 Å². The summed E-state index contributed by atoms with van der Waals surface area (Å²) >= 11 is 2.09. The first kappa shape index (κ1) is 12.3. The molecule has 0 heterocycles. The Labute approximate surface area is 81.5 Å². The van der Waals surface area contributed by atoms with Crippen LogP contribution < -0.4 is 5.73 Å². The third-order valence-electron chi connectivity index (χ3n) is 1.84. The Morgan fingerprint density at radius 3 is 2.42 bits per heavy atom. The Morgan fingerprint density at radius 2 is 1.83 bits per heavy atom. The molecule has 1 atom stereocenters. The van der Waals surface area contributed by atoms with Gasteiger partial charge in [0.1, 0.15) is 0 Å².